The van der Waals surface area contributed by atoms with Crippen molar-refractivity contribution in [3.8, 4) is 0 Å². The van der Waals surface area contributed by atoms with Crippen molar-refractivity contribution < 1.29 is 18.4 Å². The molecule has 1 heterocycles. The molecule has 0 aliphatic heterocycles. The van der Waals surface area contributed by atoms with Crippen molar-refractivity contribution in [2.24, 2.45) is 0 Å². The zero-order valence-electron chi connectivity index (χ0n) is 9.77. The Bertz CT molecular complexity index is 627. The summed E-state index contributed by atoms with van der Waals surface area (Å²) >= 11 is 0. The number of halogens is 2. The van der Waals surface area contributed by atoms with E-state index in [0.717, 1.165) is 18.2 Å². The Kier molecular flexibility index (Phi) is 3.75. The van der Waals surface area contributed by atoms with Crippen molar-refractivity contribution in [3.05, 3.63) is 65.5 Å². The highest BCUT2D eigenvalue weighted by Gasteiger charge is 2.17. The van der Waals surface area contributed by atoms with Crippen LogP contribution in [0.1, 0.15) is 27.1 Å². The van der Waals surface area contributed by atoms with Gasteiger partial charge in [-0.25, -0.2) is 8.78 Å². The van der Waals surface area contributed by atoms with E-state index < -0.39 is 35.2 Å². The van der Waals surface area contributed by atoms with Gasteiger partial charge in [-0.15, -0.1) is 0 Å². The lowest BCUT2D eigenvalue weighted by atomic mass is 10.0. The van der Waals surface area contributed by atoms with Crippen molar-refractivity contribution in [1.29, 1.82) is 0 Å². The number of hydrogen-bond donors (Lipinski definition) is 0. The lowest BCUT2D eigenvalue weighted by Gasteiger charge is -2.02. The van der Waals surface area contributed by atoms with E-state index in [1.807, 2.05) is 0 Å². The van der Waals surface area contributed by atoms with E-state index >= 15 is 0 Å². The summed E-state index contributed by atoms with van der Waals surface area (Å²) in [4.78, 5) is 27.3. The third-order valence-corrected chi connectivity index (χ3v) is 2.53. The molecule has 0 aliphatic carbocycles. The van der Waals surface area contributed by atoms with E-state index in [9.17, 15) is 18.4 Å². The first-order valence-corrected chi connectivity index (χ1v) is 5.49. The summed E-state index contributed by atoms with van der Waals surface area (Å²) in [5, 5.41) is 0. The molecule has 2 aromatic rings. The molecular weight excluding hydrogens is 252 g/mol. The van der Waals surface area contributed by atoms with Gasteiger partial charge in [0.2, 0.25) is 0 Å². The molecule has 0 saturated carbocycles. The fourth-order valence-corrected chi connectivity index (χ4v) is 1.58. The third kappa shape index (κ3) is 3.07. The molecule has 0 saturated heterocycles. The molecule has 0 N–H and O–H groups in total. The van der Waals surface area contributed by atoms with Crippen LogP contribution < -0.4 is 0 Å². The Morgan fingerprint density at radius 2 is 1.89 bits per heavy atom. The first kappa shape index (κ1) is 13.0. The molecule has 1 aromatic carbocycles. The van der Waals surface area contributed by atoms with E-state index in [4.69, 9.17) is 0 Å². The molecular formula is C14H9F2NO2. The number of carbonyl (C=O) groups excluding carboxylic acids is 2. The molecule has 19 heavy (non-hydrogen) atoms. The Balaban J connectivity index is 2.18. The summed E-state index contributed by atoms with van der Waals surface area (Å²) < 4.78 is 26.3. The molecule has 0 aliphatic rings. The van der Waals surface area contributed by atoms with Crippen LogP contribution in [0.15, 0.2) is 42.7 Å². The minimum atomic E-state index is -0.842. The van der Waals surface area contributed by atoms with Crippen molar-refractivity contribution in [3.63, 3.8) is 0 Å². The van der Waals surface area contributed by atoms with Gasteiger partial charge in [0.15, 0.2) is 11.6 Å². The Morgan fingerprint density at radius 1 is 1.11 bits per heavy atom. The highest BCUT2D eigenvalue weighted by molar-refractivity contribution is 6.13. The molecule has 0 fully saturated rings. The number of carbonyl (C=O) groups is 2. The average molecular weight is 261 g/mol. The maximum atomic E-state index is 13.4. The number of benzene rings is 1. The number of pyridine rings is 1. The number of ketones is 2. The van der Waals surface area contributed by atoms with E-state index in [0.29, 0.717) is 0 Å². The highest BCUT2D eigenvalue weighted by atomic mass is 19.1. The van der Waals surface area contributed by atoms with Gasteiger partial charge in [-0.1, -0.05) is 0 Å². The molecule has 0 radical (unpaired) electrons. The lowest BCUT2D eigenvalue weighted by Crippen LogP contribution is -2.10. The second kappa shape index (κ2) is 5.48. The summed E-state index contributed by atoms with van der Waals surface area (Å²) in [5.41, 5.74) is -0.162. The van der Waals surface area contributed by atoms with Crippen molar-refractivity contribution in [2.75, 3.05) is 0 Å². The van der Waals surface area contributed by atoms with E-state index in [1.165, 1.54) is 18.5 Å². The summed E-state index contributed by atoms with van der Waals surface area (Å²) in [7, 11) is 0. The van der Waals surface area contributed by atoms with E-state index in [1.54, 1.807) is 6.07 Å². The molecule has 1 aromatic heterocycles. The molecule has 0 amide bonds. The SMILES string of the molecule is O=C(CC(=O)c1cc(F)ccc1F)c1cccnc1. The Morgan fingerprint density at radius 3 is 2.58 bits per heavy atom. The Hall–Kier alpha value is -2.43. The van der Waals surface area contributed by atoms with Gasteiger partial charge in [0.05, 0.1) is 12.0 Å². The number of hydrogen-bond acceptors (Lipinski definition) is 3. The summed E-state index contributed by atoms with van der Waals surface area (Å²) in [6.45, 7) is 0. The van der Waals surface area contributed by atoms with Gasteiger partial charge in [-0.05, 0) is 30.3 Å². The van der Waals surface area contributed by atoms with Crippen LogP contribution in [0.4, 0.5) is 8.78 Å². The minimum Gasteiger partial charge on any atom is -0.294 e. The lowest BCUT2D eigenvalue weighted by molar-refractivity contribution is 0.0891. The first-order chi connectivity index (χ1) is 9.08. The van der Waals surface area contributed by atoms with Crippen molar-refractivity contribution >= 4 is 11.6 Å². The van der Waals surface area contributed by atoms with Gasteiger partial charge in [0.1, 0.15) is 11.6 Å². The molecule has 0 atom stereocenters. The van der Waals surface area contributed by atoms with Crippen LogP contribution in [0.2, 0.25) is 0 Å². The predicted molar refractivity (Wildman–Crippen MR) is 63.9 cm³/mol. The molecule has 2 rings (SSSR count). The topological polar surface area (TPSA) is 47.0 Å². The molecule has 0 spiro atoms. The largest absolute Gasteiger partial charge is 0.294 e. The third-order valence-electron chi connectivity index (χ3n) is 2.53. The quantitative estimate of drug-likeness (QED) is 0.628. The predicted octanol–water partition coefficient (Wildman–Crippen LogP) is 2.82. The fourth-order valence-electron chi connectivity index (χ4n) is 1.58. The smallest absolute Gasteiger partial charge is 0.173 e. The maximum absolute atomic E-state index is 13.4. The number of rotatable bonds is 4. The van der Waals surface area contributed by atoms with Crippen LogP contribution in [0.5, 0.6) is 0 Å². The summed E-state index contributed by atoms with van der Waals surface area (Å²) in [6.07, 6.45) is 2.29. The molecule has 3 nitrogen and oxygen atoms in total. The maximum Gasteiger partial charge on any atom is 0.173 e. The van der Waals surface area contributed by atoms with E-state index in [-0.39, 0.29) is 5.56 Å². The van der Waals surface area contributed by atoms with Gasteiger partial charge >= 0.3 is 0 Å². The zero-order valence-corrected chi connectivity index (χ0v) is 9.77. The second-order valence-corrected chi connectivity index (χ2v) is 3.89. The average Bonchev–Trinajstić information content (AvgIpc) is 2.42. The van der Waals surface area contributed by atoms with Crippen molar-refractivity contribution in [2.45, 2.75) is 6.42 Å². The monoisotopic (exact) mass is 261 g/mol. The summed E-state index contributed by atoms with van der Waals surface area (Å²) in [5.74, 6) is -2.81. The molecule has 0 bridgehead atoms. The summed E-state index contributed by atoms with van der Waals surface area (Å²) in [6, 6.07) is 5.62. The normalized spacial score (nSPS) is 10.2. The first-order valence-electron chi connectivity index (χ1n) is 5.49. The van der Waals surface area contributed by atoms with Crippen molar-refractivity contribution in [1.82, 2.24) is 4.98 Å². The standard InChI is InChI=1S/C14H9F2NO2/c15-10-3-4-12(16)11(6-10)14(19)7-13(18)9-2-1-5-17-8-9/h1-6,8H,7H2. The van der Waals surface area contributed by atoms with E-state index in [2.05, 4.69) is 4.98 Å². The fraction of sp³-hybridized carbons (Fsp3) is 0.0714. The van der Waals surface area contributed by atoms with Gasteiger partial charge in [-0.3, -0.25) is 14.6 Å². The van der Waals surface area contributed by atoms with Crippen LogP contribution in [-0.2, 0) is 0 Å². The molecule has 0 unspecified atom stereocenters. The van der Waals surface area contributed by atoms with Crippen LogP contribution in [0.25, 0.3) is 0 Å². The van der Waals surface area contributed by atoms with Gasteiger partial charge in [0, 0.05) is 18.0 Å². The van der Waals surface area contributed by atoms with Crippen LogP contribution in [0.3, 0.4) is 0 Å². The number of Topliss-reactive ketones (excluding diaryl/α,β-unsaturated/α-hetero) is 2. The number of aromatic nitrogens is 1. The van der Waals surface area contributed by atoms with Gasteiger partial charge < -0.3 is 0 Å². The Labute approximate surface area is 107 Å². The minimum absolute atomic E-state index is 0.257. The molecule has 96 valence electrons. The zero-order chi connectivity index (χ0) is 13.8. The van der Waals surface area contributed by atoms with Crippen LogP contribution in [-0.4, -0.2) is 16.6 Å². The second-order valence-electron chi connectivity index (χ2n) is 3.89. The highest BCUT2D eigenvalue weighted by Crippen LogP contribution is 2.13. The number of nitrogens with zero attached hydrogens (tertiary/aromatic N) is 1. The van der Waals surface area contributed by atoms with Gasteiger partial charge in [-0.2, -0.15) is 0 Å². The molecule has 5 heteroatoms. The van der Waals surface area contributed by atoms with Gasteiger partial charge in [0.25, 0.3) is 0 Å². The van der Waals surface area contributed by atoms with Crippen LogP contribution >= 0.6 is 0 Å². The van der Waals surface area contributed by atoms with Crippen LogP contribution in [0, 0.1) is 11.6 Å².